The van der Waals surface area contributed by atoms with Crippen molar-refractivity contribution in [1.82, 2.24) is 10.6 Å². The molecule has 0 aromatic rings. The summed E-state index contributed by atoms with van der Waals surface area (Å²) in [5.74, 6) is -0.921. The lowest BCUT2D eigenvalue weighted by Crippen LogP contribution is -2.48. The second kappa shape index (κ2) is 10.2. The Kier molecular flexibility index (Phi) is 9.23. The Labute approximate surface area is 115 Å². The van der Waals surface area contributed by atoms with Crippen LogP contribution in [0.1, 0.15) is 13.3 Å². The van der Waals surface area contributed by atoms with E-state index < -0.39 is 24.0 Å². The summed E-state index contributed by atoms with van der Waals surface area (Å²) in [7, 11) is 0. The van der Waals surface area contributed by atoms with Gasteiger partial charge in [-0.2, -0.15) is 12.6 Å². The van der Waals surface area contributed by atoms with Gasteiger partial charge in [-0.15, -0.1) is 0 Å². The van der Waals surface area contributed by atoms with E-state index >= 15 is 0 Å². The molecule has 0 aromatic heterocycles. The lowest BCUT2D eigenvalue weighted by atomic mass is 10.2. The highest BCUT2D eigenvalue weighted by molar-refractivity contribution is 7.80. The van der Waals surface area contributed by atoms with Gasteiger partial charge >= 0.3 is 0 Å². The largest absolute Gasteiger partial charge is 0.464 e. The second-order valence-corrected chi connectivity index (χ2v) is 3.86. The lowest BCUT2D eigenvalue weighted by Gasteiger charge is -2.17. The first-order chi connectivity index (χ1) is 9.04. The van der Waals surface area contributed by atoms with Crippen LogP contribution >= 0.6 is 12.6 Å². The molecule has 8 nitrogen and oxygen atoms in total. The summed E-state index contributed by atoms with van der Waals surface area (Å²) in [5, 5.41) is 4.69. The standard InChI is InChI=1S/C10H16N2O6S/c1-7(18-6-14)2-9(15)12-8(3-19)10(16)11-4-17-5-13/h5-8,19H,2-4H2,1H3,(H,11,16)(H,12,15). The van der Waals surface area contributed by atoms with E-state index in [1.54, 1.807) is 6.92 Å². The van der Waals surface area contributed by atoms with Crippen molar-refractivity contribution in [2.45, 2.75) is 25.5 Å². The van der Waals surface area contributed by atoms with Crippen LogP contribution in [0.3, 0.4) is 0 Å². The number of hydrogen-bond acceptors (Lipinski definition) is 7. The highest BCUT2D eigenvalue weighted by atomic mass is 32.1. The Hall–Kier alpha value is -1.77. The van der Waals surface area contributed by atoms with Crippen molar-refractivity contribution in [3.05, 3.63) is 0 Å². The van der Waals surface area contributed by atoms with Gasteiger partial charge in [0.1, 0.15) is 12.1 Å². The number of amides is 2. The van der Waals surface area contributed by atoms with Crippen molar-refractivity contribution in [3.63, 3.8) is 0 Å². The number of ether oxygens (including phenoxy) is 2. The minimum atomic E-state index is -0.866. The summed E-state index contributed by atoms with van der Waals surface area (Å²) in [6.07, 6.45) is -0.652. The molecule has 0 spiro atoms. The van der Waals surface area contributed by atoms with E-state index in [1.165, 1.54) is 0 Å². The zero-order valence-corrected chi connectivity index (χ0v) is 11.2. The molecule has 2 amide bonds. The van der Waals surface area contributed by atoms with E-state index in [-0.39, 0.29) is 31.8 Å². The van der Waals surface area contributed by atoms with Crippen molar-refractivity contribution in [3.8, 4) is 0 Å². The zero-order valence-electron chi connectivity index (χ0n) is 10.3. The lowest BCUT2D eigenvalue weighted by molar-refractivity contribution is -0.138. The molecule has 0 aliphatic rings. The van der Waals surface area contributed by atoms with Crippen molar-refractivity contribution in [2.24, 2.45) is 0 Å². The van der Waals surface area contributed by atoms with E-state index in [2.05, 4.69) is 32.7 Å². The third-order valence-corrected chi connectivity index (χ3v) is 2.36. The average Bonchev–Trinajstić information content (AvgIpc) is 2.36. The molecule has 9 heteroatoms. The maximum Gasteiger partial charge on any atom is 0.294 e. The van der Waals surface area contributed by atoms with Gasteiger partial charge in [-0.05, 0) is 6.92 Å². The highest BCUT2D eigenvalue weighted by Gasteiger charge is 2.20. The Balaban J connectivity index is 4.15. The summed E-state index contributed by atoms with van der Waals surface area (Å²) in [5.41, 5.74) is 0. The molecular formula is C10H16N2O6S. The minimum Gasteiger partial charge on any atom is -0.464 e. The number of carbonyl (C=O) groups is 4. The second-order valence-electron chi connectivity index (χ2n) is 3.50. The van der Waals surface area contributed by atoms with Crippen LogP contribution < -0.4 is 10.6 Å². The number of hydrogen-bond donors (Lipinski definition) is 3. The third kappa shape index (κ3) is 8.03. The van der Waals surface area contributed by atoms with Crippen molar-refractivity contribution in [1.29, 1.82) is 0 Å². The Bertz CT molecular complexity index is 325. The van der Waals surface area contributed by atoms with Gasteiger partial charge in [-0.1, -0.05) is 0 Å². The van der Waals surface area contributed by atoms with Crippen LogP contribution in [0.2, 0.25) is 0 Å². The molecule has 2 atom stereocenters. The first-order valence-corrected chi connectivity index (χ1v) is 6.00. The molecule has 0 radical (unpaired) electrons. The topological polar surface area (TPSA) is 111 Å². The monoisotopic (exact) mass is 292 g/mol. The molecule has 0 heterocycles. The van der Waals surface area contributed by atoms with E-state index in [1.807, 2.05) is 0 Å². The van der Waals surface area contributed by atoms with Crippen molar-refractivity contribution >= 4 is 37.4 Å². The predicted molar refractivity (Wildman–Crippen MR) is 67.2 cm³/mol. The third-order valence-electron chi connectivity index (χ3n) is 1.99. The molecule has 19 heavy (non-hydrogen) atoms. The molecule has 0 fully saturated rings. The molecule has 0 saturated heterocycles. The van der Waals surface area contributed by atoms with Gasteiger partial charge in [-0.3, -0.25) is 19.2 Å². The van der Waals surface area contributed by atoms with Gasteiger partial charge in [0.2, 0.25) is 11.8 Å². The van der Waals surface area contributed by atoms with E-state index in [9.17, 15) is 19.2 Å². The summed E-state index contributed by atoms with van der Waals surface area (Å²) < 4.78 is 8.84. The van der Waals surface area contributed by atoms with Crippen LogP contribution in [-0.2, 0) is 28.7 Å². The molecule has 0 aliphatic carbocycles. The van der Waals surface area contributed by atoms with Gasteiger partial charge < -0.3 is 20.1 Å². The number of thiol groups is 1. The molecule has 0 rings (SSSR count). The summed E-state index contributed by atoms with van der Waals surface area (Å²) >= 11 is 3.93. The van der Waals surface area contributed by atoms with Gasteiger partial charge in [0.15, 0.2) is 6.73 Å². The zero-order chi connectivity index (χ0) is 14.7. The summed E-state index contributed by atoms with van der Waals surface area (Å²) in [6, 6.07) is -0.866. The van der Waals surface area contributed by atoms with Crippen LogP contribution in [0, 0.1) is 0 Å². The molecule has 0 bridgehead atoms. The fourth-order valence-electron chi connectivity index (χ4n) is 1.12. The fourth-order valence-corrected chi connectivity index (χ4v) is 1.38. The smallest absolute Gasteiger partial charge is 0.294 e. The predicted octanol–water partition coefficient (Wildman–Crippen LogP) is -1.40. The first-order valence-electron chi connectivity index (χ1n) is 5.37. The van der Waals surface area contributed by atoms with Gasteiger partial charge in [-0.25, -0.2) is 0 Å². The van der Waals surface area contributed by atoms with E-state index in [0.29, 0.717) is 0 Å². The van der Waals surface area contributed by atoms with E-state index in [0.717, 1.165) is 0 Å². The fraction of sp³-hybridized carbons (Fsp3) is 0.600. The van der Waals surface area contributed by atoms with Crippen molar-refractivity contribution < 1.29 is 28.7 Å². The van der Waals surface area contributed by atoms with Gasteiger partial charge in [0, 0.05) is 5.75 Å². The Morgan fingerprint density at radius 3 is 2.53 bits per heavy atom. The molecule has 108 valence electrons. The van der Waals surface area contributed by atoms with Crippen molar-refractivity contribution in [2.75, 3.05) is 12.5 Å². The van der Waals surface area contributed by atoms with Gasteiger partial charge in [0.05, 0.1) is 6.42 Å². The molecule has 0 aliphatic heterocycles. The number of rotatable bonds is 10. The first kappa shape index (κ1) is 17.2. The Morgan fingerprint density at radius 2 is 2.00 bits per heavy atom. The van der Waals surface area contributed by atoms with Crippen LogP contribution in [0.4, 0.5) is 0 Å². The van der Waals surface area contributed by atoms with Crippen LogP contribution in [0.15, 0.2) is 0 Å². The summed E-state index contributed by atoms with van der Waals surface area (Å²) in [4.78, 5) is 43.0. The summed E-state index contributed by atoms with van der Waals surface area (Å²) in [6.45, 7) is 1.69. The SMILES string of the molecule is CC(CC(=O)NC(CS)C(=O)NCOC=O)OC=O. The molecule has 0 aromatic carbocycles. The molecule has 2 unspecified atom stereocenters. The normalized spacial score (nSPS) is 12.7. The van der Waals surface area contributed by atoms with E-state index in [4.69, 9.17) is 0 Å². The number of nitrogens with one attached hydrogen (secondary N) is 2. The van der Waals surface area contributed by atoms with Crippen LogP contribution in [0.5, 0.6) is 0 Å². The molecule has 2 N–H and O–H groups in total. The Morgan fingerprint density at radius 1 is 1.32 bits per heavy atom. The molecule has 0 saturated carbocycles. The molecular weight excluding hydrogens is 276 g/mol. The highest BCUT2D eigenvalue weighted by Crippen LogP contribution is 1.97. The van der Waals surface area contributed by atoms with Gasteiger partial charge in [0.25, 0.3) is 12.9 Å². The minimum absolute atomic E-state index is 0.0683. The van der Waals surface area contributed by atoms with Crippen LogP contribution in [-0.4, -0.2) is 49.4 Å². The maximum absolute atomic E-state index is 11.5. The average molecular weight is 292 g/mol. The van der Waals surface area contributed by atoms with Crippen LogP contribution in [0.25, 0.3) is 0 Å². The number of carbonyl (C=O) groups excluding carboxylic acids is 4. The maximum atomic E-state index is 11.5. The quantitative estimate of drug-likeness (QED) is 0.198.